The van der Waals surface area contributed by atoms with Gasteiger partial charge >= 0.3 is 0 Å². The Balaban J connectivity index is 1.21. The lowest BCUT2D eigenvalue weighted by Gasteiger charge is -2.24. The summed E-state index contributed by atoms with van der Waals surface area (Å²) >= 11 is 0. The van der Waals surface area contributed by atoms with Gasteiger partial charge < -0.3 is 5.32 Å². The number of hydrogen-bond donors (Lipinski definition) is 1. The molecule has 1 N–H and O–H groups in total. The molecule has 0 bridgehead atoms. The Kier molecular flexibility index (Phi) is 9.61. The summed E-state index contributed by atoms with van der Waals surface area (Å²) in [5.74, 6) is 0. The standard InChI is InChI=1S/C38H39N3O2S/c42-44(43,38-16-8-7-15-37(38)35-11-3-1-4-12-35)41(29-32-10-9-25-39-26-32)28-31-19-23-34(24-20-31)33-21-17-30(18-22-33)27-40-36-13-5-2-6-14-36/h1,3-4,7-12,15-26,36,40H,2,5-6,13-14,27-29H2. The summed E-state index contributed by atoms with van der Waals surface area (Å²) in [4.78, 5) is 4.52. The van der Waals surface area contributed by atoms with Crippen LogP contribution in [0.15, 0.2) is 133 Å². The van der Waals surface area contributed by atoms with Crippen molar-refractivity contribution in [1.29, 1.82) is 0 Å². The summed E-state index contributed by atoms with van der Waals surface area (Å²) in [6.45, 7) is 1.36. The minimum atomic E-state index is -3.86. The normalized spacial score (nSPS) is 14.1. The number of benzene rings is 4. The monoisotopic (exact) mass is 601 g/mol. The molecule has 6 heteroatoms. The molecule has 0 amide bonds. The summed E-state index contributed by atoms with van der Waals surface area (Å²) in [6.07, 6.45) is 10.0. The van der Waals surface area contributed by atoms with E-state index in [2.05, 4.69) is 46.7 Å². The van der Waals surface area contributed by atoms with Gasteiger partial charge in [0, 0.05) is 43.6 Å². The van der Waals surface area contributed by atoms with Crippen LogP contribution in [0, 0.1) is 0 Å². The van der Waals surface area contributed by atoms with Crippen LogP contribution in [0.25, 0.3) is 22.3 Å². The summed E-state index contributed by atoms with van der Waals surface area (Å²) < 4.78 is 30.2. The van der Waals surface area contributed by atoms with Gasteiger partial charge in [0.2, 0.25) is 10.0 Å². The molecule has 224 valence electrons. The fourth-order valence-electron chi connectivity index (χ4n) is 6.00. The fraction of sp³-hybridized carbons (Fsp3) is 0.237. The van der Waals surface area contributed by atoms with Crippen LogP contribution in [-0.2, 0) is 29.7 Å². The Morgan fingerprint density at radius 3 is 1.95 bits per heavy atom. The molecular weight excluding hydrogens is 563 g/mol. The van der Waals surface area contributed by atoms with Crippen LogP contribution in [0.3, 0.4) is 0 Å². The smallest absolute Gasteiger partial charge is 0.244 e. The predicted octanol–water partition coefficient (Wildman–Crippen LogP) is 8.23. The quantitative estimate of drug-likeness (QED) is 0.166. The van der Waals surface area contributed by atoms with Crippen LogP contribution in [0.5, 0.6) is 0 Å². The maximum absolute atomic E-state index is 14.3. The highest BCUT2D eigenvalue weighted by molar-refractivity contribution is 7.89. The maximum Gasteiger partial charge on any atom is 0.244 e. The van der Waals surface area contributed by atoms with Crippen molar-refractivity contribution in [3.63, 3.8) is 0 Å². The molecule has 0 unspecified atom stereocenters. The molecule has 5 aromatic rings. The summed E-state index contributed by atoms with van der Waals surface area (Å²) in [5.41, 5.74) is 6.87. The molecule has 6 rings (SSSR count). The second-order valence-corrected chi connectivity index (χ2v) is 13.5. The molecular formula is C38H39N3O2S. The Morgan fingerprint density at radius 1 is 0.636 bits per heavy atom. The number of sulfonamides is 1. The van der Waals surface area contributed by atoms with E-state index in [1.54, 1.807) is 28.8 Å². The zero-order valence-electron chi connectivity index (χ0n) is 25.0. The number of aromatic nitrogens is 1. The topological polar surface area (TPSA) is 62.3 Å². The van der Waals surface area contributed by atoms with Crippen molar-refractivity contribution in [2.24, 2.45) is 0 Å². The van der Waals surface area contributed by atoms with Gasteiger partial charge in [0.15, 0.2) is 0 Å². The van der Waals surface area contributed by atoms with E-state index in [1.165, 1.54) is 37.7 Å². The van der Waals surface area contributed by atoms with Gasteiger partial charge in [-0.1, -0.05) is 122 Å². The number of pyridine rings is 1. The zero-order valence-corrected chi connectivity index (χ0v) is 25.8. The first kappa shape index (κ1) is 29.9. The molecule has 1 aromatic heterocycles. The van der Waals surface area contributed by atoms with E-state index in [4.69, 9.17) is 0 Å². The third-order valence-corrected chi connectivity index (χ3v) is 10.3. The van der Waals surface area contributed by atoms with Crippen LogP contribution in [0.4, 0.5) is 0 Å². The average molecular weight is 602 g/mol. The van der Waals surface area contributed by atoms with E-state index in [0.29, 0.717) is 16.5 Å². The van der Waals surface area contributed by atoms with E-state index < -0.39 is 10.0 Å². The Bertz CT molecular complexity index is 1730. The van der Waals surface area contributed by atoms with Gasteiger partial charge in [-0.25, -0.2) is 8.42 Å². The third-order valence-electron chi connectivity index (χ3n) is 8.47. The van der Waals surface area contributed by atoms with Crippen LogP contribution in [0.2, 0.25) is 0 Å². The van der Waals surface area contributed by atoms with Gasteiger partial charge in [0.05, 0.1) is 4.90 Å². The molecule has 1 aliphatic rings. The van der Waals surface area contributed by atoms with E-state index in [-0.39, 0.29) is 13.1 Å². The van der Waals surface area contributed by atoms with Crippen molar-refractivity contribution >= 4 is 10.0 Å². The highest BCUT2D eigenvalue weighted by Gasteiger charge is 2.28. The van der Waals surface area contributed by atoms with Crippen molar-refractivity contribution in [1.82, 2.24) is 14.6 Å². The molecule has 5 nitrogen and oxygen atoms in total. The second kappa shape index (κ2) is 14.1. The highest BCUT2D eigenvalue weighted by Crippen LogP contribution is 2.31. The van der Waals surface area contributed by atoms with Gasteiger partial charge in [0.25, 0.3) is 0 Å². The van der Waals surface area contributed by atoms with Crippen molar-refractivity contribution in [3.8, 4) is 22.3 Å². The lowest BCUT2D eigenvalue weighted by atomic mass is 9.95. The van der Waals surface area contributed by atoms with Crippen LogP contribution < -0.4 is 5.32 Å². The molecule has 0 aliphatic heterocycles. The van der Waals surface area contributed by atoms with Gasteiger partial charge in [0.1, 0.15) is 0 Å². The van der Waals surface area contributed by atoms with E-state index >= 15 is 0 Å². The maximum atomic E-state index is 14.3. The van der Waals surface area contributed by atoms with Gasteiger partial charge in [-0.3, -0.25) is 4.98 Å². The molecule has 1 fully saturated rings. The van der Waals surface area contributed by atoms with E-state index in [0.717, 1.165) is 34.4 Å². The van der Waals surface area contributed by atoms with Crippen molar-refractivity contribution in [2.75, 3.05) is 0 Å². The molecule has 1 heterocycles. The fourth-order valence-corrected chi connectivity index (χ4v) is 7.63. The number of nitrogens with zero attached hydrogens (tertiary/aromatic N) is 2. The van der Waals surface area contributed by atoms with Crippen LogP contribution in [-0.4, -0.2) is 23.7 Å². The minimum absolute atomic E-state index is 0.220. The number of rotatable bonds is 11. The van der Waals surface area contributed by atoms with Crippen LogP contribution >= 0.6 is 0 Å². The molecule has 0 radical (unpaired) electrons. The highest BCUT2D eigenvalue weighted by atomic mass is 32.2. The second-order valence-electron chi connectivity index (χ2n) is 11.6. The largest absolute Gasteiger partial charge is 0.310 e. The minimum Gasteiger partial charge on any atom is -0.310 e. The molecule has 44 heavy (non-hydrogen) atoms. The lowest BCUT2D eigenvalue weighted by molar-refractivity contribution is 0.372. The summed E-state index contributed by atoms with van der Waals surface area (Å²) in [5, 5.41) is 3.72. The van der Waals surface area contributed by atoms with Gasteiger partial charge in [-0.2, -0.15) is 4.31 Å². The molecule has 4 aromatic carbocycles. The predicted molar refractivity (Wildman–Crippen MR) is 178 cm³/mol. The lowest BCUT2D eigenvalue weighted by Crippen LogP contribution is -2.30. The summed E-state index contributed by atoms with van der Waals surface area (Å²) in [6, 6.07) is 38.3. The van der Waals surface area contributed by atoms with Gasteiger partial charge in [-0.15, -0.1) is 0 Å². The number of hydrogen-bond acceptors (Lipinski definition) is 4. The first-order valence-electron chi connectivity index (χ1n) is 15.5. The molecule has 1 saturated carbocycles. The first-order chi connectivity index (χ1) is 21.6. The third kappa shape index (κ3) is 7.33. The van der Waals surface area contributed by atoms with Gasteiger partial charge in [-0.05, 0) is 58.4 Å². The van der Waals surface area contributed by atoms with Crippen LogP contribution in [0.1, 0.15) is 48.8 Å². The Morgan fingerprint density at radius 2 is 1.27 bits per heavy atom. The first-order valence-corrected chi connectivity index (χ1v) is 17.0. The molecule has 0 saturated heterocycles. The summed E-state index contributed by atoms with van der Waals surface area (Å²) in [7, 11) is -3.86. The molecule has 0 atom stereocenters. The Labute approximate surface area is 261 Å². The number of nitrogens with one attached hydrogen (secondary N) is 1. The van der Waals surface area contributed by atoms with Crippen molar-refractivity contribution in [2.45, 2.75) is 62.7 Å². The molecule has 0 spiro atoms. The van der Waals surface area contributed by atoms with E-state index in [1.807, 2.05) is 66.7 Å². The van der Waals surface area contributed by atoms with E-state index in [9.17, 15) is 8.42 Å². The van der Waals surface area contributed by atoms with Crippen molar-refractivity contribution < 1.29 is 8.42 Å². The average Bonchev–Trinajstić information content (AvgIpc) is 3.09. The SMILES string of the molecule is O=S(=O)(c1ccccc1-c1ccccc1)N(Cc1ccc(-c2ccc(CNC3CCCCC3)cc2)cc1)Cc1cccnc1. The zero-order chi connectivity index (χ0) is 30.2. The molecule has 1 aliphatic carbocycles. The van der Waals surface area contributed by atoms with Crippen molar-refractivity contribution in [3.05, 3.63) is 144 Å². The Hall–Kier alpha value is -4.10.